The van der Waals surface area contributed by atoms with Crippen LogP contribution in [0.15, 0.2) is 12.1 Å². The van der Waals surface area contributed by atoms with Gasteiger partial charge in [0.1, 0.15) is 5.82 Å². The Morgan fingerprint density at radius 3 is 2.70 bits per heavy atom. The van der Waals surface area contributed by atoms with Gasteiger partial charge in [0, 0.05) is 29.4 Å². The molecule has 0 aliphatic carbocycles. The summed E-state index contributed by atoms with van der Waals surface area (Å²) in [6.07, 6.45) is 2.45. The molecule has 3 N–H and O–H groups in total. The molecule has 20 heavy (non-hydrogen) atoms. The summed E-state index contributed by atoms with van der Waals surface area (Å²) >= 11 is 0. The molecule has 0 bridgehead atoms. The third-order valence-electron chi connectivity index (χ3n) is 3.75. The van der Waals surface area contributed by atoms with Gasteiger partial charge in [-0.25, -0.2) is 4.39 Å². The number of nitrogen functional groups attached to an aromatic ring is 1. The number of rotatable bonds is 4. The fraction of sp³-hybridized carbons (Fsp3) is 0.533. The fourth-order valence-corrected chi connectivity index (χ4v) is 2.54. The van der Waals surface area contributed by atoms with E-state index in [1.165, 1.54) is 25.0 Å². The third kappa shape index (κ3) is 3.48. The lowest BCUT2D eigenvalue weighted by Gasteiger charge is -2.21. The molecule has 0 radical (unpaired) electrons. The van der Waals surface area contributed by atoms with Gasteiger partial charge >= 0.3 is 0 Å². The lowest BCUT2D eigenvalue weighted by atomic mass is 10.1. The van der Waals surface area contributed by atoms with E-state index in [1.54, 1.807) is 6.92 Å². The van der Waals surface area contributed by atoms with E-state index in [2.05, 4.69) is 10.2 Å². The minimum absolute atomic E-state index is 0.0335. The molecule has 1 amide bonds. The molecular weight excluding hydrogens is 257 g/mol. The van der Waals surface area contributed by atoms with E-state index in [1.807, 2.05) is 6.92 Å². The number of benzene rings is 1. The second-order valence-electron chi connectivity index (χ2n) is 5.55. The summed E-state index contributed by atoms with van der Waals surface area (Å²) in [4.78, 5) is 14.4. The molecule has 1 saturated heterocycles. The average molecular weight is 279 g/mol. The molecule has 0 aromatic heterocycles. The predicted molar refractivity (Wildman–Crippen MR) is 78.2 cm³/mol. The van der Waals surface area contributed by atoms with Crippen LogP contribution < -0.4 is 11.1 Å². The van der Waals surface area contributed by atoms with Gasteiger partial charge in [-0.05, 0) is 51.9 Å². The van der Waals surface area contributed by atoms with Crippen molar-refractivity contribution in [3.8, 4) is 0 Å². The van der Waals surface area contributed by atoms with E-state index in [0.29, 0.717) is 11.3 Å². The van der Waals surface area contributed by atoms with Crippen LogP contribution in [0, 0.1) is 12.7 Å². The fourth-order valence-electron chi connectivity index (χ4n) is 2.54. The Hall–Kier alpha value is -1.62. The lowest BCUT2D eigenvalue weighted by molar-refractivity contribution is 0.0931. The van der Waals surface area contributed by atoms with Crippen molar-refractivity contribution in [2.24, 2.45) is 0 Å². The number of likely N-dealkylation sites (tertiary alicyclic amines) is 1. The van der Waals surface area contributed by atoms with Gasteiger partial charge in [-0.1, -0.05) is 0 Å². The van der Waals surface area contributed by atoms with E-state index in [0.717, 1.165) is 19.6 Å². The largest absolute Gasteiger partial charge is 0.398 e. The van der Waals surface area contributed by atoms with Crippen molar-refractivity contribution in [1.29, 1.82) is 0 Å². The topological polar surface area (TPSA) is 58.4 Å². The molecule has 1 aromatic carbocycles. The number of amides is 1. The van der Waals surface area contributed by atoms with Gasteiger partial charge in [-0.3, -0.25) is 4.79 Å². The van der Waals surface area contributed by atoms with Crippen molar-refractivity contribution in [3.63, 3.8) is 0 Å². The Bertz CT molecular complexity index is 475. The van der Waals surface area contributed by atoms with Gasteiger partial charge in [-0.2, -0.15) is 0 Å². The maximum absolute atomic E-state index is 13.6. The SMILES string of the molecule is Cc1c(N)cc(C(=O)NC(C)CN2CCCC2)cc1F. The minimum Gasteiger partial charge on any atom is -0.398 e. The molecule has 2 rings (SSSR count). The van der Waals surface area contributed by atoms with Crippen molar-refractivity contribution in [2.45, 2.75) is 32.7 Å². The number of halogens is 1. The standard InChI is InChI=1S/C15H22FN3O/c1-10(9-19-5-3-4-6-19)18-15(20)12-7-13(16)11(2)14(17)8-12/h7-8,10H,3-6,9,17H2,1-2H3,(H,18,20). The van der Waals surface area contributed by atoms with Gasteiger partial charge in [0.25, 0.3) is 5.91 Å². The van der Waals surface area contributed by atoms with E-state index in [4.69, 9.17) is 5.73 Å². The van der Waals surface area contributed by atoms with Gasteiger partial charge in [0.15, 0.2) is 0 Å². The molecule has 1 aliphatic rings. The number of hydrogen-bond donors (Lipinski definition) is 2. The first kappa shape index (κ1) is 14.8. The summed E-state index contributed by atoms with van der Waals surface area (Å²) in [5.41, 5.74) is 6.66. The molecular formula is C15H22FN3O. The quantitative estimate of drug-likeness (QED) is 0.828. The highest BCUT2D eigenvalue weighted by molar-refractivity contribution is 5.95. The first-order valence-corrected chi connectivity index (χ1v) is 7.06. The highest BCUT2D eigenvalue weighted by Gasteiger charge is 2.17. The molecule has 1 aromatic rings. The van der Waals surface area contributed by atoms with Gasteiger partial charge in [-0.15, -0.1) is 0 Å². The lowest BCUT2D eigenvalue weighted by Crippen LogP contribution is -2.41. The molecule has 4 nitrogen and oxygen atoms in total. The van der Waals surface area contributed by atoms with Crippen molar-refractivity contribution >= 4 is 11.6 Å². The zero-order chi connectivity index (χ0) is 14.7. The molecule has 5 heteroatoms. The second-order valence-corrected chi connectivity index (χ2v) is 5.55. The summed E-state index contributed by atoms with van der Waals surface area (Å²) in [5.74, 6) is -0.718. The summed E-state index contributed by atoms with van der Waals surface area (Å²) in [6, 6.07) is 2.80. The van der Waals surface area contributed by atoms with Gasteiger partial charge in [0.05, 0.1) is 0 Å². The van der Waals surface area contributed by atoms with E-state index in [-0.39, 0.29) is 17.5 Å². The Morgan fingerprint density at radius 2 is 2.10 bits per heavy atom. The number of nitrogens with two attached hydrogens (primary N) is 1. The summed E-state index contributed by atoms with van der Waals surface area (Å²) in [7, 11) is 0. The molecule has 1 heterocycles. The Labute approximate surface area is 119 Å². The Morgan fingerprint density at radius 1 is 1.45 bits per heavy atom. The summed E-state index contributed by atoms with van der Waals surface area (Å²) in [6.45, 7) is 6.57. The zero-order valence-corrected chi connectivity index (χ0v) is 12.1. The number of nitrogens with one attached hydrogen (secondary N) is 1. The van der Waals surface area contributed by atoms with Crippen molar-refractivity contribution in [1.82, 2.24) is 10.2 Å². The normalized spacial score (nSPS) is 17.1. The maximum Gasteiger partial charge on any atom is 0.251 e. The first-order chi connectivity index (χ1) is 9.47. The van der Waals surface area contributed by atoms with Crippen LogP contribution in [0.2, 0.25) is 0 Å². The second kappa shape index (κ2) is 6.22. The van der Waals surface area contributed by atoms with E-state index < -0.39 is 5.82 Å². The zero-order valence-electron chi connectivity index (χ0n) is 12.1. The molecule has 1 fully saturated rings. The molecule has 0 spiro atoms. The van der Waals surface area contributed by atoms with Crippen LogP contribution in [0.5, 0.6) is 0 Å². The number of hydrogen-bond acceptors (Lipinski definition) is 3. The molecule has 0 saturated carbocycles. The van der Waals surface area contributed by atoms with Crippen molar-refractivity contribution in [2.75, 3.05) is 25.4 Å². The van der Waals surface area contributed by atoms with Crippen LogP contribution >= 0.6 is 0 Å². The molecule has 1 atom stereocenters. The van der Waals surface area contributed by atoms with Crippen LogP contribution in [0.3, 0.4) is 0 Å². The number of anilines is 1. The van der Waals surface area contributed by atoms with Gasteiger partial charge < -0.3 is 16.0 Å². The van der Waals surface area contributed by atoms with Crippen LogP contribution in [-0.2, 0) is 0 Å². The highest BCUT2D eigenvalue weighted by atomic mass is 19.1. The molecule has 110 valence electrons. The van der Waals surface area contributed by atoms with Crippen LogP contribution in [0.25, 0.3) is 0 Å². The van der Waals surface area contributed by atoms with E-state index >= 15 is 0 Å². The third-order valence-corrected chi connectivity index (χ3v) is 3.75. The van der Waals surface area contributed by atoms with Crippen LogP contribution in [0.4, 0.5) is 10.1 Å². The molecule has 1 aliphatic heterocycles. The number of carbonyl (C=O) groups is 1. The predicted octanol–water partition coefficient (Wildman–Crippen LogP) is 1.93. The van der Waals surface area contributed by atoms with E-state index in [9.17, 15) is 9.18 Å². The highest BCUT2D eigenvalue weighted by Crippen LogP contribution is 2.17. The number of nitrogens with zero attached hydrogens (tertiary/aromatic N) is 1. The summed E-state index contributed by atoms with van der Waals surface area (Å²) < 4.78 is 13.6. The first-order valence-electron chi connectivity index (χ1n) is 7.06. The minimum atomic E-state index is -0.442. The number of carbonyl (C=O) groups excluding carboxylic acids is 1. The van der Waals surface area contributed by atoms with Crippen molar-refractivity contribution in [3.05, 3.63) is 29.1 Å². The maximum atomic E-state index is 13.6. The Kier molecular flexibility index (Phi) is 4.60. The van der Waals surface area contributed by atoms with Crippen molar-refractivity contribution < 1.29 is 9.18 Å². The van der Waals surface area contributed by atoms with Crippen LogP contribution in [0.1, 0.15) is 35.7 Å². The smallest absolute Gasteiger partial charge is 0.251 e. The Balaban J connectivity index is 1.97. The van der Waals surface area contributed by atoms with Gasteiger partial charge in [0.2, 0.25) is 0 Å². The average Bonchev–Trinajstić information content (AvgIpc) is 2.87. The van der Waals surface area contributed by atoms with Crippen LogP contribution in [-0.4, -0.2) is 36.5 Å². The molecule has 1 unspecified atom stereocenters. The summed E-state index contributed by atoms with van der Waals surface area (Å²) in [5, 5.41) is 2.89. The monoisotopic (exact) mass is 279 g/mol.